The fourth-order valence-electron chi connectivity index (χ4n) is 0.644. The Morgan fingerprint density at radius 2 is 1.62 bits per heavy atom. The van der Waals surface area contributed by atoms with Gasteiger partial charge >= 0.3 is 12.1 Å². The van der Waals surface area contributed by atoms with E-state index in [2.05, 4.69) is 0 Å². The van der Waals surface area contributed by atoms with Gasteiger partial charge in [-0.1, -0.05) is 0 Å². The molecule has 80 valence electrons. The summed E-state index contributed by atoms with van der Waals surface area (Å²) in [6.45, 7) is 1.58. The molecule has 0 aromatic heterocycles. The first-order valence-electron chi connectivity index (χ1n) is 3.68. The molecule has 0 radical (unpaired) electrons. The average molecular weight is 222 g/mol. The first kappa shape index (κ1) is 12.8. The maximum Gasteiger partial charge on any atom is 0.453 e. The second-order valence-electron chi connectivity index (χ2n) is 2.79. The third kappa shape index (κ3) is 4.03. The molecule has 0 saturated carbocycles. The summed E-state index contributed by atoms with van der Waals surface area (Å²) in [4.78, 5) is 0. The highest BCUT2D eigenvalue weighted by Gasteiger charge is 2.56. The number of hydrogen-bond acceptors (Lipinski definition) is 1. The molecular formula is C6H11F5OSi. The van der Waals surface area contributed by atoms with Gasteiger partial charge in [-0.25, -0.2) is 0 Å². The Morgan fingerprint density at radius 3 is 1.92 bits per heavy atom. The smallest absolute Gasteiger partial charge is 0.423 e. The van der Waals surface area contributed by atoms with Crippen LogP contribution in [-0.2, 0) is 4.43 Å². The lowest BCUT2D eigenvalue weighted by Gasteiger charge is -2.20. The molecule has 1 atom stereocenters. The summed E-state index contributed by atoms with van der Waals surface area (Å²) in [5, 5.41) is 0. The summed E-state index contributed by atoms with van der Waals surface area (Å²) in [7, 11) is -0.511. The third-order valence-electron chi connectivity index (χ3n) is 1.68. The molecule has 0 aliphatic carbocycles. The molecule has 1 nitrogen and oxygen atoms in total. The lowest BCUT2D eigenvalue weighted by atomic mass is 10.2. The van der Waals surface area contributed by atoms with Crippen molar-refractivity contribution in [1.82, 2.24) is 0 Å². The summed E-state index contributed by atoms with van der Waals surface area (Å²) in [5.41, 5.74) is 0. The van der Waals surface area contributed by atoms with Crippen LogP contribution < -0.4 is 0 Å². The van der Waals surface area contributed by atoms with Crippen LogP contribution in [0.15, 0.2) is 0 Å². The van der Waals surface area contributed by atoms with Gasteiger partial charge in [0.1, 0.15) is 0 Å². The molecule has 0 rings (SSSR count). The van der Waals surface area contributed by atoms with Crippen LogP contribution in [0.3, 0.4) is 0 Å². The van der Waals surface area contributed by atoms with Gasteiger partial charge in [0.2, 0.25) is 0 Å². The second-order valence-corrected chi connectivity index (χ2v) is 5.46. The van der Waals surface area contributed by atoms with Gasteiger partial charge in [-0.15, -0.1) is 0 Å². The fourth-order valence-corrected chi connectivity index (χ4v) is 1.65. The van der Waals surface area contributed by atoms with E-state index < -0.39 is 27.6 Å². The Bertz CT molecular complexity index is 158. The average Bonchev–Trinajstić information content (AvgIpc) is 1.98. The highest BCUT2D eigenvalue weighted by molar-refractivity contribution is 6.50. The van der Waals surface area contributed by atoms with Gasteiger partial charge in [-0.3, -0.25) is 0 Å². The zero-order valence-corrected chi connectivity index (χ0v) is 8.44. The van der Waals surface area contributed by atoms with Gasteiger partial charge < -0.3 is 4.43 Å². The quantitative estimate of drug-likeness (QED) is 0.524. The van der Waals surface area contributed by atoms with E-state index in [-0.39, 0.29) is 6.04 Å². The van der Waals surface area contributed by atoms with Crippen LogP contribution in [0.2, 0.25) is 12.6 Å². The predicted molar refractivity (Wildman–Crippen MR) is 40.4 cm³/mol. The Morgan fingerprint density at radius 1 is 1.15 bits per heavy atom. The first-order chi connectivity index (χ1) is 5.70. The van der Waals surface area contributed by atoms with Gasteiger partial charge in [0.25, 0.3) is 0 Å². The monoisotopic (exact) mass is 222 g/mol. The van der Waals surface area contributed by atoms with Gasteiger partial charge in [0.15, 0.2) is 9.04 Å². The molecule has 0 bridgehead atoms. The lowest BCUT2D eigenvalue weighted by molar-refractivity contribution is -0.282. The molecule has 0 aromatic rings. The summed E-state index contributed by atoms with van der Waals surface area (Å²) >= 11 is 0. The lowest BCUT2D eigenvalue weighted by Crippen LogP contribution is -2.37. The van der Waals surface area contributed by atoms with Crippen LogP contribution in [0.1, 0.15) is 6.42 Å². The van der Waals surface area contributed by atoms with Crippen molar-refractivity contribution in [2.75, 3.05) is 7.11 Å². The minimum Gasteiger partial charge on any atom is -0.423 e. The summed E-state index contributed by atoms with van der Waals surface area (Å²) in [6, 6.07) is -0.178. The molecule has 0 aliphatic rings. The number of halogens is 5. The Hall–Kier alpha value is -0.173. The molecule has 7 heteroatoms. The molecule has 0 spiro atoms. The predicted octanol–water partition coefficient (Wildman–Crippen LogP) is 2.57. The number of hydrogen-bond donors (Lipinski definition) is 0. The van der Waals surface area contributed by atoms with E-state index in [1.165, 1.54) is 7.11 Å². The molecule has 0 heterocycles. The molecule has 13 heavy (non-hydrogen) atoms. The van der Waals surface area contributed by atoms with Gasteiger partial charge in [0.05, 0.1) is 0 Å². The van der Waals surface area contributed by atoms with E-state index in [4.69, 9.17) is 4.43 Å². The van der Waals surface area contributed by atoms with Crippen LogP contribution in [-0.4, -0.2) is 28.2 Å². The van der Waals surface area contributed by atoms with E-state index in [1.54, 1.807) is 6.55 Å². The van der Waals surface area contributed by atoms with Crippen molar-refractivity contribution in [2.24, 2.45) is 0 Å². The van der Waals surface area contributed by atoms with Crippen LogP contribution >= 0.6 is 0 Å². The van der Waals surface area contributed by atoms with E-state index in [0.717, 1.165) is 0 Å². The Labute approximate surface area is 74.6 Å². The Balaban J connectivity index is 4.04. The van der Waals surface area contributed by atoms with Crippen molar-refractivity contribution in [3.05, 3.63) is 0 Å². The molecule has 0 aromatic carbocycles. The van der Waals surface area contributed by atoms with E-state index in [0.29, 0.717) is 0 Å². The standard InChI is InChI=1S/C6H11F5OSi/c1-12-13(2)4-3-5(7,8)6(9,10)11/h13H,3-4H2,1-2H3. The summed E-state index contributed by atoms with van der Waals surface area (Å²) in [6.07, 6.45) is -6.60. The van der Waals surface area contributed by atoms with Crippen molar-refractivity contribution >= 4 is 9.04 Å². The maximum absolute atomic E-state index is 12.3. The van der Waals surface area contributed by atoms with E-state index in [1.807, 2.05) is 0 Å². The number of rotatable bonds is 4. The van der Waals surface area contributed by atoms with Crippen molar-refractivity contribution < 1.29 is 26.4 Å². The molecular weight excluding hydrogens is 211 g/mol. The molecule has 0 fully saturated rings. The zero-order chi connectivity index (χ0) is 10.7. The summed E-state index contributed by atoms with van der Waals surface area (Å²) < 4.78 is 64.1. The molecule has 1 unspecified atom stereocenters. The van der Waals surface area contributed by atoms with Crippen LogP contribution in [0.5, 0.6) is 0 Å². The normalized spacial score (nSPS) is 15.9. The van der Waals surface area contributed by atoms with Gasteiger partial charge in [0, 0.05) is 13.5 Å². The van der Waals surface area contributed by atoms with Crippen molar-refractivity contribution in [2.45, 2.75) is 31.1 Å². The Kier molecular flexibility index (Phi) is 4.30. The topological polar surface area (TPSA) is 9.23 Å². The summed E-state index contributed by atoms with van der Waals surface area (Å²) in [5.74, 6) is -4.58. The van der Waals surface area contributed by atoms with E-state index in [9.17, 15) is 22.0 Å². The molecule has 0 amide bonds. The minimum absolute atomic E-state index is 0.178. The van der Waals surface area contributed by atoms with E-state index >= 15 is 0 Å². The zero-order valence-electron chi connectivity index (χ0n) is 7.29. The van der Waals surface area contributed by atoms with Crippen molar-refractivity contribution in [3.8, 4) is 0 Å². The first-order valence-corrected chi connectivity index (χ1v) is 6.12. The third-order valence-corrected chi connectivity index (χ3v) is 3.59. The van der Waals surface area contributed by atoms with Crippen molar-refractivity contribution in [1.29, 1.82) is 0 Å². The molecule has 0 aliphatic heterocycles. The SMILES string of the molecule is CO[SiH](C)CCC(F)(F)C(F)(F)F. The van der Waals surface area contributed by atoms with Crippen molar-refractivity contribution in [3.63, 3.8) is 0 Å². The van der Waals surface area contributed by atoms with Crippen LogP contribution in [0, 0.1) is 0 Å². The van der Waals surface area contributed by atoms with Gasteiger partial charge in [-0.05, 0) is 12.6 Å². The highest BCUT2D eigenvalue weighted by Crippen LogP contribution is 2.39. The fraction of sp³-hybridized carbons (Fsp3) is 1.00. The largest absolute Gasteiger partial charge is 0.453 e. The molecule has 0 saturated heterocycles. The molecule has 0 N–H and O–H groups in total. The minimum atomic E-state index is -5.44. The maximum atomic E-state index is 12.3. The van der Waals surface area contributed by atoms with Crippen LogP contribution in [0.4, 0.5) is 22.0 Å². The second kappa shape index (κ2) is 4.36. The van der Waals surface area contributed by atoms with Crippen LogP contribution in [0.25, 0.3) is 0 Å². The van der Waals surface area contributed by atoms with Gasteiger partial charge in [-0.2, -0.15) is 22.0 Å². The highest BCUT2D eigenvalue weighted by atomic mass is 28.3. The number of alkyl halides is 5.